The van der Waals surface area contributed by atoms with E-state index in [4.69, 9.17) is 4.18 Å². The fraction of sp³-hybridized carbons (Fsp3) is 0. The molecule has 4 aromatic rings. The number of rotatable bonds is 3. The zero-order valence-electron chi connectivity index (χ0n) is 12.6. The molecule has 0 spiro atoms. The SMILES string of the molecule is O=S([O-])Oc1c(-c2ccccc2)ccc2cc3ccccc3cc12. The average molecular weight is 333 g/mol. The minimum absolute atomic E-state index is 0.359. The Morgan fingerprint density at radius 2 is 1.42 bits per heavy atom. The van der Waals surface area contributed by atoms with Crippen LogP contribution in [0.4, 0.5) is 0 Å². The minimum atomic E-state index is -2.64. The topological polar surface area (TPSA) is 49.4 Å². The van der Waals surface area contributed by atoms with Crippen LogP contribution in [0.2, 0.25) is 0 Å². The van der Waals surface area contributed by atoms with E-state index in [1.165, 1.54) is 0 Å². The van der Waals surface area contributed by atoms with E-state index in [2.05, 4.69) is 0 Å². The van der Waals surface area contributed by atoms with Crippen molar-refractivity contribution in [3.8, 4) is 16.9 Å². The van der Waals surface area contributed by atoms with Crippen LogP contribution in [0, 0.1) is 0 Å². The van der Waals surface area contributed by atoms with Crippen molar-refractivity contribution in [2.24, 2.45) is 0 Å². The van der Waals surface area contributed by atoms with E-state index in [1.807, 2.05) is 78.9 Å². The molecular weight excluding hydrogens is 320 g/mol. The van der Waals surface area contributed by atoms with Crippen LogP contribution in [0.1, 0.15) is 0 Å². The van der Waals surface area contributed by atoms with Gasteiger partial charge in [-0.2, -0.15) is 0 Å². The van der Waals surface area contributed by atoms with Crippen LogP contribution in [-0.2, 0) is 11.4 Å². The Bertz CT molecular complexity index is 1060. The molecule has 4 rings (SSSR count). The van der Waals surface area contributed by atoms with Gasteiger partial charge in [0.1, 0.15) is 11.4 Å². The molecular formula is C20H13O3S-. The maximum Gasteiger partial charge on any atom is 0.154 e. The Balaban J connectivity index is 2.06. The first kappa shape index (κ1) is 14.9. The van der Waals surface area contributed by atoms with Gasteiger partial charge in [-0.1, -0.05) is 60.7 Å². The molecule has 3 nitrogen and oxygen atoms in total. The molecule has 4 aromatic carbocycles. The van der Waals surface area contributed by atoms with Gasteiger partial charge < -0.3 is 8.74 Å². The lowest BCUT2D eigenvalue weighted by atomic mass is 9.97. The molecule has 0 saturated heterocycles. The number of benzene rings is 4. The van der Waals surface area contributed by atoms with Crippen molar-refractivity contribution in [3.63, 3.8) is 0 Å². The Labute approximate surface area is 142 Å². The Morgan fingerprint density at radius 3 is 2.12 bits per heavy atom. The quantitative estimate of drug-likeness (QED) is 0.398. The lowest BCUT2D eigenvalue weighted by Crippen LogP contribution is -2.00. The summed E-state index contributed by atoms with van der Waals surface area (Å²) < 4.78 is 27.7. The first-order chi connectivity index (χ1) is 11.7. The normalized spacial score (nSPS) is 12.4. The fourth-order valence-electron chi connectivity index (χ4n) is 2.99. The second kappa shape index (κ2) is 6.07. The van der Waals surface area contributed by atoms with Crippen molar-refractivity contribution in [1.29, 1.82) is 0 Å². The molecule has 1 unspecified atom stereocenters. The molecule has 0 fully saturated rings. The van der Waals surface area contributed by atoms with Crippen molar-refractivity contribution in [1.82, 2.24) is 0 Å². The van der Waals surface area contributed by atoms with Crippen LogP contribution in [0.15, 0.2) is 78.9 Å². The highest BCUT2D eigenvalue weighted by Crippen LogP contribution is 2.38. The van der Waals surface area contributed by atoms with E-state index in [0.717, 1.165) is 32.7 Å². The van der Waals surface area contributed by atoms with Crippen LogP contribution in [0.5, 0.6) is 5.75 Å². The number of hydrogen-bond donors (Lipinski definition) is 0. The van der Waals surface area contributed by atoms with Crippen molar-refractivity contribution >= 4 is 32.9 Å². The minimum Gasteiger partial charge on any atom is -0.740 e. The third-order valence-electron chi connectivity index (χ3n) is 4.07. The molecule has 0 heterocycles. The summed E-state index contributed by atoms with van der Waals surface area (Å²) in [4.78, 5) is 0. The van der Waals surface area contributed by atoms with Gasteiger partial charge in [-0.3, -0.25) is 0 Å². The Morgan fingerprint density at radius 1 is 0.750 bits per heavy atom. The van der Waals surface area contributed by atoms with Gasteiger partial charge in [0, 0.05) is 10.9 Å². The summed E-state index contributed by atoms with van der Waals surface area (Å²) in [6, 6.07) is 25.5. The second-order valence-electron chi connectivity index (χ2n) is 5.52. The van der Waals surface area contributed by atoms with Crippen molar-refractivity contribution in [3.05, 3.63) is 78.9 Å². The highest BCUT2D eigenvalue weighted by atomic mass is 32.2. The standard InChI is InChI=1S/C20H14O3S/c21-24(22)23-20-18(14-6-2-1-3-7-14)11-10-17-12-15-8-4-5-9-16(15)13-19(17)20/h1-13H,(H,21,22)/p-1. The van der Waals surface area contributed by atoms with Gasteiger partial charge in [-0.15, -0.1) is 0 Å². The van der Waals surface area contributed by atoms with E-state index in [9.17, 15) is 8.76 Å². The predicted molar refractivity (Wildman–Crippen MR) is 96.4 cm³/mol. The summed E-state index contributed by atoms with van der Waals surface area (Å²) in [6.07, 6.45) is 0. The van der Waals surface area contributed by atoms with E-state index in [0.29, 0.717) is 5.75 Å². The maximum absolute atomic E-state index is 11.2. The molecule has 0 radical (unpaired) electrons. The predicted octanol–water partition coefficient (Wildman–Crippen LogP) is 4.83. The molecule has 0 aromatic heterocycles. The third kappa shape index (κ3) is 2.66. The van der Waals surface area contributed by atoms with Crippen LogP contribution < -0.4 is 4.18 Å². The summed E-state index contributed by atoms with van der Waals surface area (Å²) >= 11 is -2.64. The second-order valence-corrected chi connectivity index (χ2v) is 6.09. The zero-order chi connectivity index (χ0) is 16.5. The van der Waals surface area contributed by atoms with Gasteiger partial charge in [0.25, 0.3) is 0 Å². The smallest absolute Gasteiger partial charge is 0.154 e. The molecule has 4 heteroatoms. The lowest BCUT2D eigenvalue weighted by Gasteiger charge is -2.16. The third-order valence-corrected chi connectivity index (χ3v) is 4.38. The Kier molecular flexibility index (Phi) is 3.76. The molecule has 0 saturated carbocycles. The summed E-state index contributed by atoms with van der Waals surface area (Å²) in [5, 5.41) is 3.86. The summed E-state index contributed by atoms with van der Waals surface area (Å²) in [5.41, 5.74) is 1.66. The van der Waals surface area contributed by atoms with E-state index >= 15 is 0 Å². The van der Waals surface area contributed by atoms with Crippen molar-refractivity contribution in [2.45, 2.75) is 0 Å². The van der Waals surface area contributed by atoms with E-state index < -0.39 is 11.4 Å². The van der Waals surface area contributed by atoms with Gasteiger partial charge in [0.2, 0.25) is 0 Å². The highest BCUT2D eigenvalue weighted by Gasteiger charge is 2.12. The monoisotopic (exact) mass is 333 g/mol. The van der Waals surface area contributed by atoms with Gasteiger partial charge in [0.15, 0.2) is 5.75 Å². The van der Waals surface area contributed by atoms with Crippen LogP contribution in [0.25, 0.3) is 32.7 Å². The molecule has 0 aliphatic carbocycles. The summed E-state index contributed by atoms with van der Waals surface area (Å²) in [7, 11) is 0. The molecule has 24 heavy (non-hydrogen) atoms. The van der Waals surface area contributed by atoms with Gasteiger partial charge >= 0.3 is 0 Å². The van der Waals surface area contributed by atoms with Crippen LogP contribution >= 0.6 is 0 Å². The van der Waals surface area contributed by atoms with E-state index in [-0.39, 0.29) is 0 Å². The molecule has 0 bridgehead atoms. The molecule has 0 amide bonds. The maximum atomic E-state index is 11.2. The van der Waals surface area contributed by atoms with E-state index in [1.54, 1.807) is 0 Å². The van der Waals surface area contributed by atoms with Gasteiger partial charge in [-0.25, -0.2) is 4.21 Å². The first-order valence-corrected chi connectivity index (χ1v) is 8.51. The highest BCUT2D eigenvalue weighted by molar-refractivity contribution is 7.74. The largest absolute Gasteiger partial charge is 0.740 e. The number of hydrogen-bond acceptors (Lipinski definition) is 3. The summed E-state index contributed by atoms with van der Waals surface area (Å²) in [5.74, 6) is 0.359. The van der Waals surface area contributed by atoms with Gasteiger partial charge in [0.05, 0.1) is 0 Å². The summed E-state index contributed by atoms with van der Waals surface area (Å²) in [6.45, 7) is 0. The van der Waals surface area contributed by atoms with Gasteiger partial charge in [-0.05, 0) is 39.9 Å². The average Bonchev–Trinajstić information content (AvgIpc) is 2.61. The lowest BCUT2D eigenvalue weighted by molar-refractivity contribution is 0.443. The van der Waals surface area contributed by atoms with Crippen molar-refractivity contribution < 1.29 is 12.9 Å². The Hall–Kier alpha value is -2.69. The van der Waals surface area contributed by atoms with Crippen LogP contribution in [-0.4, -0.2) is 8.76 Å². The number of fused-ring (bicyclic) bond motifs is 2. The fourth-order valence-corrected chi connectivity index (χ4v) is 3.30. The molecule has 0 aliphatic heterocycles. The van der Waals surface area contributed by atoms with Crippen LogP contribution in [0.3, 0.4) is 0 Å². The molecule has 0 aliphatic rings. The molecule has 1 atom stereocenters. The molecule has 0 N–H and O–H groups in total. The zero-order valence-corrected chi connectivity index (χ0v) is 13.5. The first-order valence-electron chi connectivity index (χ1n) is 7.51. The molecule has 118 valence electrons. The van der Waals surface area contributed by atoms with Crippen molar-refractivity contribution in [2.75, 3.05) is 0 Å².